The molecule has 0 spiro atoms. The van der Waals surface area contributed by atoms with Crippen LogP contribution in [0.1, 0.15) is 30.8 Å². The van der Waals surface area contributed by atoms with Gasteiger partial charge in [-0.2, -0.15) is 4.98 Å². The minimum Gasteiger partial charge on any atom is -0.423 e. The number of nitrogen functional groups attached to an aromatic ring is 1. The molecule has 0 amide bonds. The first kappa shape index (κ1) is 13.3. The van der Waals surface area contributed by atoms with Gasteiger partial charge in [0, 0.05) is 11.8 Å². The van der Waals surface area contributed by atoms with Crippen LogP contribution in [0.5, 0.6) is 11.8 Å². The van der Waals surface area contributed by atoms with Crippen LogP contribution >= 0.6 is 0 Å². The first-order valence-corrected chi connectivity index (χ1v) is 6.40. The molecule has 0 atom stereocenters. The Kier molecular flexibility index (Phi) is 3.94. The molecule has 19 heavy (non-hydrogen) atoms. The predicted molar refractivity (Wildman–Crippen MR) is 74.2 cm³/mol. The van der Waals surface area contributed by atoms with E-state index in [1.54, 1.807) is 6.07 Å². The molecule has 1 heterocycles. The van der Waals surface area contributed by atoms with Crippen LogP contribution in [0.2, 0.25) is 0 Å². The van der Waals surface area contributed by atoms with E-state index >= 15 is 0 Å². The number of ether oxygens (including phenoxy) is 1. The summed E-state index contributed by atoms with van der Waals surface area (Å²) in [5.74, 6) is 0.660. The van der Waals surface area contributed by atoms with E-state index in [4.69, 9.17) is 10.5 Å². The molecular weight excluding hydrogens is 240 g/mol. The molecule has 0 unspecified atom stereocenters. The van der Waals surface area contributed by atoms with Gasteiger partial charge in [0.15, 0.2) is 0 Å². The zero-order chi connectivity index (χ0) is 13.8. The molecule has 0 saturated carbocycles. The van der Waals surface area contributed by atoms with E-state index in [2.05, 4.69) is 15.2 Å². The highest BCUT2D eigenvalue weighted by atomic mass is 16.5. The summed E-state index contributed by atoms with van der Waals surface area (Å²) in [5.41, 5.74) is 9.22. The maximum atomic E-state index is 5.75. The Morgan fingerprint density at radius 3 is 2.53 bits per heavy atom. The molecule has 2 N–H and O–H groups in total. The zero-order valence-electron chi connectivity index (χ0n) is 11.5. The third-order valence-corrected chi connectivity index (χ3v) is 2.90. The Morgan fingerprint density at radius 1 is 1.11 bits per heavy atom. The van der Waals surface area contributed by atoms with Crippen LogP contribution in [0.4, 0.5) is 5.69 Å². The van der Waals surface area contributed by atoms with Gasteiger partial charge >= 0.3 is 6.01 Å². The fourth-order valence-corrected chi connectivity index (χ4v) is 1.79. The molecule has 2 rings (SSSR count). The maximum Gasteiger partial charge on any atom is 0.341 e. The van der Waals surface area contributed by atoms with Crippen LogP contribution < -0.4 is 10.5 Å². The third kappa shape index (κ3) is 2.99. The molecule has 0 fully saturated rings. The minimum absolute atomic E-state index is 0.266. The first-order chi connectivity index (χ1) is 9.13. The molecule has 0 aliphatic carbocycles. The maximum absolute atomic E-state index is 5.75. The second-order valence-electron chi connectivity index (χ2n) is 4.32. The Labute approximate surface area is 112 Å². The Balaban J connectivity index is 2.30. The second-order valence-corrected chi connectivity index (χ2v) is 4.32. The molecule has 0 aliphatic heterocycles. The van der Waals surface area contributed by atoms with E-state index in [1.807, 2.05) is 32.9 Å². The Morgan fingerprint density at radius 2 is 1.84 bits per heavy atom. The van der Waals surface area contributed by atoms with Gasteiger partial charge in [-0.3, -0.25) is 0 Å². The van der Waals surface area contributed by atoms with E-state index in [0.29, 0.717) is 11.4 Å². The van der Waals surface area contributed by atoms with Crippen LogP contribution in [0.25, 0.3) is 0 Å². The summed E-state index contributed by atoms with van der Waals surface area (Å²) in [5, 5.41) is 8.15. The lowest BCUT2D eigenvalue weighted by molar-refractivity contribution is 0.426. The number of aromatic nitrogens is 3. The van der Waals surface area contributed by atoms with Gasteiger partial charge in [-0.25, -0.2) is 0 Å². The van der Waals surface area contributed by atoms with Crippen molar-refractivity contribution in [2.45, 2.75) is 33.6 Å². The number of nitrogens with zero attached hydrogens (tertiary/aromatic N) is 3. The van der Waals surface area contributed by atoms with Gasteiger partial charge in [0.1, 0.15) is 5.75 Å². The summed E-state index contributed by atoms with van der Waals surface area (Å²) in [4.78, 5) is 4.39. The predicted octanol–water partition coefficient (Wildman–Crippen LogP) is 2.68. The topological polar surface area (TPSA) is 73.9 Å². The lowest BCUT2D eigenvalue weighted by Gasteiger charge is -2.09. The average Bonchev–Trinajstić information content (AvgIpc) is 2.42. The van der Waals surface area contributed by atoms with Gasteiger partial charge in [-0.1, -0.05) is 25.0 Å². The number of anilines is 1. The number of benzene rings is 1. The van der Waals surface area contributed by atoms with E-state index in [-0.39, 0.29) is 6.01 Å². The lowest BCUT2D eigenvalue weighted by Crippen LogP contribution is -2.04. The summed E-state index contributed by atoms with van der Waals surface area (Å²) >= 11 is 0. The van der Waals surface area contributed by atoms with Crippen molar-refractivity contribution >= 4 is 5.69 Å². The number of hydrogen-bond donors (Lipinski definition) is 1. The molecule has 2 aromatic rings. The van der Waals surface area contributed by atoms with E-state index in [1.165, 1.54) is 0 Å². The van der Waals surface area contributed by atoms with Crippen LogP contribution in [0.15, 0.2) is 18.2 Å². The van der Waals surface area contributed by atoms with Crippen molar-refractivity contribution in [3.05, 3.63) is 35.2 Å². The molecule has 0 aliphatic rings. The number of rotatable bonds is 4. The van der Waals surface area contributed by atoms with Gasteiger partial charge in [-0.05, 0) is 31.4 Å². The largest absolute Gasteiger partial charge is 0.423 e. The van der Waals surface area contributed by atoms with Crippen molar-refractivity contribution in [2.75, 3.05) is 5.73 Å². The number of aryl methyl sites for hydroxylation is 3. The summed E-state index contributed by atoms with van der Waals surface area (Å²) in [7, 11) is 0. The SMILES string of the molecule is CCc1nnc(Oc2cc(N)ccc2C)nc1CC. The van der Waals surface area contributed by atoms with Crippen LogP contribution in [-0.2, 0) is 12.8 Å². The normalized spacial score (nSPS) is 10.5. The van der Waals surface area contributed by atoms with Crippen molar-refractivity contribution < 1.29 is 4.74 Å². The summed E-state index contributed by atoms with van der Waals surface area (Å²) in [6.45, 7) is 6.02. The van der Waals surface area contributed by atoms with Gasteiger partial charge in [0.25, 0.3) is 0 Å². The van der Waals surface area contributed by atoms with E-state index in [0.717, 1.165) is 29.8 Å². The summed E-state index contributed by atoms with van der Waals surface area (Å²) < 4.78 is 5.67. The fraction of sp³-hybridized carbons (Fsp3) is 0.357. The van der Waals surface area contributed by atoms with E-state index < -0.39 is 0 Å². The van der Waals surface area contributed by atoms with Crippen molar-refractivity contribution in [2.24, 2.45) is 0 Å². The monoisotopic (exact) mass is 258 g/mol. The fourth-order valence-electron chi connectivity index (χ4n) is 1.79. The van der Waals surface area contributed by atoms with Gasteiger partial charge in [-0.15, -0.1) is 5.10 Å². The van der Waals surface area contributed by atoms with Crippen molar-refractivity contribution in [3.63, 3.8) is 0 Å². The van der Waals surface area contributed by atoms with Crippen molar-refractivity contribution in [3.8, 4) is 11.8 Å². The highest BCUT2D eigenvalue weighted by Crippen LogP contribution is 2.24. The third-order valence-electron chi connectivity index (χ3n) is 2.90. The van der Waals surface area contributed by atoms with Crippen LogP contribution in [-0.4, -0.2) is 15.2 Å². The van der Waals surface area contributed by atoms with Gasteiger partial charge < -0.3 is 10.5 Å². The number of hydrogen-bond acceptors (Lipinski definition) is 5. The van der Waals surface area contributed by atoms with Gasteiger partial charge in [0.05, 0.1) is 11.4 Å². The lowest BCUT2D eigenvalue weighted by atomic mass is 10.2. The molecule has 0 saturated heterocycles. The molecule has 1 aromatic carbocycles. The Bertz CT molecular complexity index is 584. The first-order valence-electron chi connectivity index (χ1n) is 6.40. The zero-order valence-corrected chi connectivity index (χ0v) is 11.5. The van der Waals surface area contributed by atoms with Crippen molar-refractivity contribution in [1.82, 2.24) is 15.2 Å². The molecule has 5 heteroatoms. The summed E-state index contributed by atoms with van der Waals surface area (Å²) in [6, 6.07) is 5.76. The second kappa shape index (κ2) is 5.65. The van der Waals surface area contributed by atoms with Crippen molar-refractivity contribution in [1.29, 1.82) is 0 Å². The van der Waals surface area contributed by atoms with E-state index in [9.17, 15) is 0 Å². The quantitative estimate of drug-likeness (QED) is 0.853. The highest BCUT2D eigenvalue weighted by molar-refractivity contribution is 5.48. The molecule has 100 valence electrons. The molecule has 0 radical (unpaired) electrons. The van der Waals surface area contributed by atoms with Gasteiger partial charge in [0.2, 0.25) is 0 Å². The smallest absolute Gasteiger partial charge is 0.341 e. The Hall–Kier alpha value is -2.17. The highest BCUT2D eigenvalue weighted by Gasteiger charge is 2.09. The average molecular weight is 258 g/mol. The standard InChI is InChI=1S/C14H18N4O/c1-4-11-12(5-2)17-18-14(16-11)19-13-8-10(15)7-6-9(13)3/h6-8H,4-5,15H2,1-3H3. The molecule has 0 bridgehead atoms. The summed E-state index contributed by atoms with van der Waals surface area (Å²) in [6.07, 6.45) is 1.63. The van der Waals surface area contributed by atoms with Crippen LogP contribution in [0.3, 0.4) is 0 Å². The molecule has 1 aromatic heterocycles. The van der Waals surface area contributed by atoms with Crippen LogP contribution in [0, 0.1) is 6.92 Å². The minimum atomic E-state index is 0.266. The molecular formula is C14H18N4O. The molecule has 5 nitrogen and oxygen atoms in total. The number of nitrogens with two attached hydrogens (primary N) is 1.